The molecule has 1 aliphatic heterocycles. The van der Waals surface area contributed by atoms with E-state index in [1.165, 1.54) is 6.26 Å². The standard InChI is InChI=1S/C17H15N3O4/c21-16(14-4-2-10-23-14)19-6-8-20(9-7-19)17(22)15-11-12-13(24-15)3-1-5-18-12/h1-5,10-11H,6-9H2. The number of rotatable bonds is 2. The van der Waals surface area contributed by atoms with Gasteiger partial charge in [-0.1, -0.05) is 0 Å². The highest BCUT2D eigenvalue weighted by Gasteiger charge is 2.28. The van der Waals surface area contributed by atoms with Gasteiger partial charge < -0.3 is 18.6 Å². The second kappa shape index (κ2) is 5.84. The minimum atomic E-state index is -0.182. The molecule has 1 saturated heterocycles. The molecule has 7 heteroatoms. The van der Waals surface area contributed by atoms with Gasteiger partial charge in [-0.3, -0.25) is 14.6 Å². The van der Waals surface area contributed by atoms with Crippen LogP contribution in [0.2, 0.25) is 0 Å². The highest BCUT2D eigenvalue weighted by Crippen LogP contribution is 2.19. The molecule has 0 spiro atoms. The molecule has 4 rings (SSSR count). The van der Waals surface area contributed by atoms with Crippen molar-refractivity contribution >= 4 is 22.9 Å². The molecule has 24 heavy (non-hydrogen) atoms. The second-order valence-electron chi connectivity index (χ2n) is 5.56. The third kappa shape index (κ3) is 2.54. The van der Waals surface area contributed by atoms with Crippen LogP contribution in [0, 0.1) is 0 Å². The van der Waals surface area contributed by atoms with Crippen molar-refractivity contribution in [1.82, 2.24) is 14.8 Å². The van der Waals surface area contributed by atoms with Crippen LogP contribution in [-0.2, 0) is 0 Å². The second-order valence-corrected chi connectivity index (χ2v) is 5.56. The SMILES string of the molecule is O=C(c1ccco1)N1CCN(C(=O)c2cc3ncccc3o2)CC1. The molecule has 0 atom stereocenters. The average Bonchev–Trinajstić information content (AvgIpc) is 3.30. The summed E-state index contributed by atoms with van der Waals surface area (Å²) in [6.45, 7) is 1.83. The lowest BCUT2D eigenvalue weighted by Crippen LogP contribution is -2.50. The summed E-state index contributed by atoms with van der Waals surface area (Å²) in [6.07, 6.45) is 3.13. The van der Waals surface area contributed by atoms with E-state index < -0.39 is 0 Å². The normalized spacial score (nSPS) is 15.0. The van der Waals surface area contributed by atoms with Gasteiger partial charge >= 0.3 is 0 Å². The van der Waals surface area contributed by atoms with Gasteiger partial charge in [-0.15, -0.1) is 0 Å². The topological polar surface area (TPSA) is 79.8 Å². The van der Waals surface area contributed by atoms with Crippen LogP contribution in [0.3, 0.4) is 0 Å². The third-order valence-electron chi connectivity index (χ3n) is 4.08. The van der Waals surface area contributed by atoms with E-state index in [1.54, 1.807) is 46.3 Å². The summed E-state index contributed by atoms with van der Waals surface area (Å²) in [4.78, 5) is 32.3. The predicted molar refractivity (Wildman–Crippen MR) is 84.5 cm³/mol. The van der Waals surface area contributed by atoms with Gasteiger partial charge in [0.25, 0.3) is 11.8 Å². The number of amides is 2. The van der Waals surface area contributed by atoms with E-state index in [4.69, 9.17) is 8.83 Å². The fraction of sp³-hybridized carbons (Fsp3) is 0.235. The maximum Gasteiger partial charge on any atom is 0.289 e. The van der Waals surface area contributed by atoms with Crippen LogP contribution in [0.1, 0.15) is 21.1 Å². The van der Waals surface area contributed by atoms with Gasteiger partial charge in [0.05, 0.1) is 6.26 Å². The Balaban J connectivity index is 1.43. The molecule has 0 N–H and O–H groups in total. The first-order chi connectivity index (χ1) is 11.7. The average molecular weight is 325 g/mol. The van der Waals surface area contributed by atoms with Crippen molar-refractivity contribution in [3.05, 3.63) is 54.3 Å². The zero-order valence-corrected chi connectivity index (χ0v) is 12.8. The molecule has 0 aliphatic carbocycles. The maximum absolute atomic E-state index is 12.6. The van der Waals surface area contributed by atoms with E-state index in [0.717, 1.165) is 0 Å². The van der Waals surface area contributed by atoms with Crippen molar-refractivity contribution in [2.75, 3.05) is 26.2 Å². The van der Waals surface area contributed by atoms with Crippen LogP contribution < -0.4 is 0 Å². The molecule has 122 valence electrons. The molecular weight excluding hydrogens is 310 g/mol. The Kier molecular flexibility index (Phi) is 3.53. The lowest BCUT2D eigenvalue weighted by atomic mass is 10.2. The molecule has 4 heterocycles. The van der Waals surface area contributed by atoms with Gasteiger partial charge in [-0.25, -0.2) is 0 Å². The van der Waals surface area contributed by atoms with Crippen LogP contribution >= 0.6 is 0 Å². The number of carbonyl (C=O) groups is 2. The Hall–Kier alpha value is -3.09. The fourth-order valence-corrected chi connectivity index (χ4v) is 2.80. The summed E-state index contributed by atoms with van der Waals surface area (Å²) in [5, 5.41) is 0. The number of hydrogen-bond acceptors (Lipinski definition) is 5. The minimum Gasteiger partial charge on any atom is -0.459 e. The molecule has 7 nitrogen and oxygen atoms in total. The Labute approximate surface area is 137 Å². The molecule has 1 fully saturated rings. The number of aromatic nitrogens is 1. The Bertz CT molecular complexity index is 843. The van der Waals surface area contributed by atoms with E-state index >= 15 is 0 Å². The summed E-state index contributed by atoms with van der Waals surface area (Å²) in [7, 11) is 0. The van der Waals surface area contributed by atoms with Crippen molar-refractivity contribution in [2.24, 2.45) is 0 Å². The van der Waals surface area contributed by atoms with Gasteiger partial charge in [0.1, 0.15) is 5.52 Å². The summed E-state index contributed by atoms with van der Waals surface area (Å²) in [5.74, 6) is 0.255. The fourth-order valence-electron chi connectivity index (χ4n) is 2.80. The number of fused-ring (bicyclic) bond motifs is 1. The molecule has 3 aromatic heterocycles. The summed E-state index contributed by atoms with van der Waals surface area (Å²) in [6, 6.07) is 8.51. The zero-order chi connectivity index (χ0) is 16.5. The molecule has 0 aromatic carbocycles. The van der Waals surface area contributed by atoms with Crippen molar-refractivity contribution in [3.63, 3.8) is 0 Å². The molecule has 0 bridgehead atoms. The maximum atomic E-state index is 12.6. The third-order valence-corrected chi connectivity index (χ3v) is 4.08. The van der Waals surface area contributed by atoms with Crippen LogP contribution in [-0.4, -0.2) is 52.8 Å². The first-order valence-electron chi connectivity index (χ1n) is 7.69. The summed E-state index contributed by atoms with van der Waals surface area (Å²) >= 11 is 0. The zero-order valence-electron chi connectivity index (χ0n) is 12.8. The van der Waals surface area contributed by atoms with Crippen molar-refractivity contribution in [3.8, 4) is 0 Å². The molecule has 1 aliphatic rings. The lowest BCUT2D eigenvalue weighted by Gasteiger charge is -2.33. The molecule has 3 aromatic rings. The first-order valence-corrected chi connectivity index (χ1v) is 7.69. The molecule has 2 amide bonds. The van der Waals surface area contributed by atoms with Gasteiger partial charge in [-0.05, 0) is 24.3 Å². The number of piperazine rings is 1. The number of nitrogens with zero attached hydrogens (tertiary/aromatic N) is 3. The van der Waals surface area contributed by atoms with Gasteiger partial charge in [0.2, 0.25) is 0 Å². The van der Waals surface area contributed by atoms with Crippen molar-refractivity contribution in [1.29, 1.82) is 0 Å². The van der Waals surface area contributed by atoms with E-state index in [1.807, 2.05) is 0 Å². The molecule has 0 radical (unpaired) electrons. The van der Waals surface area contributed by atoms with Gasteiger partial charge in [0.15, 0.2) is 17.1 Å². The Morgan fingerprint density at radius 2 is 1.67 bits per heavy atom. The van der Waals surface area contributed by atoms with E-state index in [9.17, 15) is 9.59 Å². The monoisotopic (exact) mass is 325 g/mol. The molecular formula is C17H15N3O4. The lowest BCUT2D eigenvalue weighted by molar-refractivity contribution is 0.0503. The van der Waals surface area contributed by atoms with Gasteiger partial charge in [0, 0.05) is 38.4 Å². The molecule has 0 saturated carbocycles. The highest BCUT2D eigenvalue weighted by molar-refractivity contribution is 5.95. The van der Waals surface area contributed by atoms with Crippen LogP contribution in [0.4, 0.5) is 0 Å². The predicted octanol–water partition coefficient (Wildman–Crippen LogP) is 2.02. The Morgan fingerprint density at radius 1 is 0.958 bits per heavy atom. The number of furan rings is 2. The van der Waals surface area contributed by atoms with Crippen LogP contribution in [0.5, 0.6) is 0 Å². The molecule has 0 unspecified atom stereocenters. The summed E-state index contributed by atoms with van der Waals surface area (Å²) in [5.41, 5.74) is 1.25. The van der Waals surface area contributed by atoms with E-state index in [-0.39, 0.29) is 17.6 Å². The van der Waals surface area contributed by atoms with Crippen LogP contribution in [0.25, 0.3) is 11.1 Å². The van der Waals surface area contributed by atoms with Gasteiger partial charge in [-0.2, -0.15) is 0 Å². The quantitative estimate of drug-likeness (QED) is 0.720. The minimum absolute atomic E-state index is 0.153. The first kappa shape index (κ1) is 14.5. The van der Waals surface area contributed by atoms with E-state index in [2.05, 4.69) is 4.98 Å². The van der Waals surface area contributed by atoms with Crippen molar-refractivity contribution in [2.45, 2.75) is 0 Å². The summed E-state index contributed by atoms with van der Waals surface area (Å²) < 4.78 is 10.7. The highest BCUT2D eigenvalue weighted by atomic mass is 16.3. The largest absolute Gasteiger partial charge is 0.459 e. The van der Waals surface area contributed by atoms with E-state index in [0.29, 0.717) is 43.0 Å². The number of carbonyl (C=O) groups excluding carboxylic acids is 2. The number of hydrogen-bond donors (Lipinski definition) is 0. The number of pyridine rings is 1. The smallest absolute Gasteiger partial charge is 0.289 e. The Morgan fingerprint density at radius 3 is 2.29 bits per heavy atom. The van der Waals surface area contributed by atoms with Crippen LogP contribution in [0.15, 0.2) is 51.6 Å². The van der Waals surface area contributed by atoms with Crippen molar-refractivity contribution < 1.29 is 18.4 Å².